The van der Waals surface area contributed by atoms with Crippen LogP contribution in [0.25, 0.3) is 0 Å². The molecule has 13 heavy (non-hydrogen) atoms. The van der Waals surface area contributed by atoms with Gasteiger partial charge in [0.05, 0.1) is 0 Å². The van der Waals surface area contributed by atoms with Crippen LogP contribution in [0, 0.1) is 11.8 Å². The third-order valence-electron chi connectivity index (χ3n) is 1.65. The van der Waals surface area contributed by atoms with Gasteiger partial charge in [-0.2, -0.15) is 0 Å². The van der Waals surface area contributed by atoms with Crippen LogP contribution in [-0.2, 0) is 4.79 Å². The van der Waals surface area contributed by atoms with E-state index < -0.39 is 0 Å². The number of carbonyl (C=O) groups is 1. The zero-order valence-electron chi connectivity index (χ0n) is 9.26. The molecule has 1 nitrogen and oxygen atoms in total. The van der Waals surface area contributed by atoms with Crippen LogP contribution >= 0.6 is 11.8 Å². The van der Waals surface area contributed by atoms with E-state index >= 15 is 0 Å². The van der Waals surface area contributed by atoms with Crippen molar-refractivity contribution in [1.29, 1.82) is 0 Å². The lowest BCUT2D eigenvalue weighted by atomic mass is 10.0. The average Bonchev–Trinajstić information content (AvgIpc) is 1.99. The van der Waals surface area contributed by atoms with Gasteiger partial charge < -0.3 is 0 Å². The van der Waals surface area contributed by atoms with E-state index in [4.69, 9.17) is 0 Å². The fourth-order valence-electron chi connectivity index (χ4n) is 1.07. The third-order valence-corrected chi connectivity index (χ3v) is 2.43. The summed E-state index contributed by atoms with van der Waals surface area (Å²) in [6.45, 7) is 10.4. The van der Waals surface area contributed by atoms with Crippen LogP contribution in [0.15, 0.2) is 11.6 Å². The maximum atomic E-state index is 11.6. The van der Waals surface area contributed by atoms with Crippen LogP contribution in [0.4, 0.5) is 0 Å². The molecule has 0 saturated heterocycles. The number of hydrogen-bond acceptors (Lipinski definition) is 2. The van der Waals surface area contributed by atoms with Crippen LogP contribution in [0.2, 0.25) is 0 Å². The van der Waals surface area contributed by atoms with Gasteiger partial charge in [-0.15, -0.1) is 0 Å². The van der Waals surface area contributed by atoms with E-state index in [1.807, 2.05) is 6.92 Å². The maximum Gasteiger partial charge on any atom is 0.215 e. The predicted octanol–water partition coefficient (Wildman–Crippen LogP) is 3.50. The molecule has 0 fully saturated rings. The normalized spacial score (nSPS) is 12.7. The molecular weight excluding hydrogens is 180 g/mol. The minimum atomic E-state index is 0.242. The average molecular weight is 200 g/mol. The molecule has 0 aliphatic rings. The van der Waals surface area contributed by atoms with Crippen molar-refractivity contribution in [2.45, 2.75) is 34.6 Å². The maximum absolute atomic E-state index is 11.6. The second-order valence-corrected chi connectivity index (χ2v) is 4.98. The summed E-state index contributed by atoms with van der Waals surface area (Å²) in [4.78, 5) is 11.6. The van der Waals surface area contributed by atoms with Crippen molar-refractivity contribution in [1.82, 2.24) is 0 Å². The molecule has 0 rings (SSSR count). The van der Waals surface area contributed by atoms with Gasteiger partial charge in [0.1, 0.15) is 0 Å². The Hall–Kier alpha value is -0.240. The predicted molar refractivity (Wildman–Crippen MR) is 60.9 cm³/mol. The van der Waals surface area contributed by atoms with Crippen LogP contribution in [-0.4, -0.2) is 10.9 Å². The monoisotopic (exact) mass is 200 g/mol. The van der Waals surface area contributed by atoms with Gasteiger partial charge in [0.15, 0.2) is 0 Å². The molecule has 0 amide bonds. The number of allylic oxidation sites excluding steroid dienone is 1. The summed E-state index contributed by atoms with van der Waals surface area (Å²) >= 11 is 1.40. The van der Waals surface area contributed by atoms with Crippen molar-refractivity contribution >= 4 is 16.9 Å². The Bertz CT molecular complexity index is 192. The Balaban J connectivity index is 4.51. The van der Waals surface area contributed by atoms with Crippen molar-refractivity contribution in [2.75, 3.05) is 5.75 Å². The van der Waals surface area contributed by atoms with Gasteiger partial charge in [0.2, 0.25) is 5.12 Å². The molecule has 0 aromatic heterocycles. The second-order valence-electron chi connectivity index (χ2n) is 3.74. The van der Waals surface area contributed by atoms with Gasteiger partial charge in [-0.3, -0.25) is 4.79 Å². The van der Waals surface area contributed by atoms with E-state index in [1.165, 1.54) is 11.8 Å². The Morgan fingerprint density at radius 2 is 1.85 bits per heavy atom. The number of hydrogen-bond donors (Lipinski definition) is 0. The summed E-state index contributed by atoms with van der Waals surface area (Å²) in [7, 11) is 0. The van der Waals surface area contributed by atoms with Crippen molar-refractivity contribution < 1.29 is 4.79 Å². The van der Waals surface area contributed by atoms with Crippen LogP contribution < -0.4 is 0 Å². The SMILES string of the molecule is CCSC(=O)/C(=C\C(C)C)C(C)C. The lowest BCUT2D eigenvalue weighted by Crippen LogP contribution is -2.06. The van der Waals surface area contributed by atoms with Gasteiger partial charge in [0, 0.05) is 5.57 Å². The van der Waals surface area contributed by atoms with E-state index in [2.05, 4.69) is 33.8 Å². The van der Waals surface area contributed by atoms with E-state index in [9.17, 15) is 4.79 Å². The number of thioether (sulfide) groups is 1. The minimum Gasteiger partial charge on any atom is -0.282 e. The highest BCUT2D eigenvalue weighted by molar-refractivity contribution is 8.14. The van der Waals surface area contributed by atoms with Crippen molar-refractivity contribution in [2.24, 2.45) is 11.8 Å². The second kappa shape index (κ2) is 6.25. The van der Waals surface area contributed by atoms with Crippen LogP contribution in [0.3, 0.4) is 0 Å². The van der Waals surface area contributed by atoms with Crippen LogP contribution in [0.5, 0.6) is 0 Å². The summed E-state index contributed by atoms with van der Waals surface area (Å²) in [6.07, 6.45) is 2.08. The first kappa shape index (κ1) is 12.8. The highest BCUT2D eigenvalue weighted by Crippen LogP contribution is 2.19. The Labute approximate surface area is 86.0 Å². The largest absolute Gasteiger partial charge is 0.282 e. The summed E-state index contributed by atoms with van der Waals surface area (Å²) in [6, 6.07) is 0. The number of carbonyl (C=O) groups excluding carboxylic acids is 1. The van der Waals surface area contributed by atoms with Crippen LogP contribution in [0.1, 0.15) is 34.6 Å². The van der Waals surface area contributed by atoms with Crippen molar-refractivity contribution in [3.63, 3.8) is 0 Å². The molecule has 0 heterocycles. The molecule has 2 heteroatoms. The molecule has 0 unspecified atom stereocenters. The summed E-state index contributed by atoms with van der Waals surface area (Å²) in [5.74, 6) is 1.66. The lowest BCUT2D eigenvalue weighted by Gasteiger charge is -2.10. The first-order chi connectivity index (χ1) is 5.99. The molecule has 0 bridgehead atoms. The Kier molecular flexibility index (Phi) is 6.13. The van der Waals surface area contributed by atoms with Gasteiger partial charge in [-0.1, -0.05) is 52.5 Å². The third kappa shape index (κ3) is 5.14. The van der Waals surface area contributed by atoms with Gasteiger partial charge in [-0.05, 0) is 17.6 Å². The first-order valence-corrected chi connectivity index (χ1v) is 5.86. The molecule has 0 spiro atoms. The minimum absolute atomic E-state index is 0.242. The lowest BCUT2D eigenvalue weighted by molar-refractivity contribution is -0.108. The summed E-state index contributed by atoms with van der Waals surface area (Å²) in [5, 5.41) is 0.242. The fraction of sp³-hybridized carbons (Fsp3) is 0.727. The van der Waals surface area contributed by atoms with E-state index in [1.54, 1.807) is 0 Å². The summed E-state index contributed by atoms with van der Waals surface area (Å²) in [5.41, 5.74) is 0.974. The molecular formula is C11H20OS. The summed E-state index contributed by atoms with van der Waals surface area (Å²) < 4.78 is 0. The smallest absolute Gasteiger partial charge is 0.215 e. The van der Waals surface area contributed by atoms with Gasteiger partial charge in [0.25, 0.3) is 0 Å². The zero-order valence-corrected chi connectivity index (χ0v) is 10.1. The van der Waals surface area contributed by atoms with E-state index in [0.29, 0.717) is 11.8 Å². The van der Waals surface area contributed by atoms with Crippen molar-refractivity contribution in [3.05, 3.63) is 11.6 Å². The molecule has 0 aliphatic heterocycles. The molecule has 0 saturated carbocycles. The van der Waals surface area contributed by atoms with Gasteiger partial charge in [-0.25, -0.2) is 0 Å². The highest BCUT2D eigenvalue weighted by Gasteiger charge is 2.13. The molecule has 0 atom stereocenters. The zero-order chi connectivity index (χ0) is 10.4. The Morgan fingerprint density at radius 1 is 1.31 bits per heavy atom. The quantitative estimate of drug-likeness (QED) is 0.646. The first-order valence-electron chi connectivity index (χ1n) is 4.87. The Morgan fingerprint density at radius 3 is 2.15 bits per heavy atom. The fourth-order valence-corrected chi connectivity index (χ4v) is 1.80. The topological polar surface area (TPSA) is 17.1 Å². The highest BCUT2D eigenvalue weighted by atomic mass is 32.2. The molecule has 76 valence electrons. The van der Waals surface area contributed by atoms with Crippen molar-refractivity contribution in [3.8, 4) is 0 Å². The molecule has 0 N–H and O–H groups in total. The number of rotatable bonds is 4. The molecule has 0 aliphatic carbocycles. The van der Waals surface area contributed by atoms with E-state index in [-0.39, 0.29) is 5.12 Å². The standard InChI is InChI=1S/C11H20OS/c1-6-13-11(12)10(9(4)5)7-8(2)3/h7-9H,6H2,1-5H3/b10-7-. The molecule has 0 aromatic carbocycles. The molecule has 0 aromatic rings. The van der Waals surface area contributed by atoms with Gasteiger partial charge >= 0.3 is 0 Å². The van der Waals surface area contributed by atoms with E-state index in [0.717, 1.165) is 11.3 Å². The molecule has 0 radical (unpaired) electrons.